The number of hydrogen-bond acceptors (Lipinski definition) is 3. The Morgan fingerprint density at radius 3 is 2.50 bits per heavy atom. The van der Waals surface area contributed by atoms with Gasteiger partial charge in [-0.2, -0.15) is 0 Å². The number of carbonyl (C=O) groups is 2. The van der Waals surface area contributed by atoms with Gasteiger partial charge < -0.3 is 15.3 Å². The summed E-state index contributed by atoms with van der Waals surface area (Å²) in [4.78, 5) is 24.0. The quantitative estimate of drug-likeness (QED) is 0.658. The molecular weight excluding hydrogens is 232 g/mol. The molecule has 1 saturated heterocycles. The average Bonchev–Trinajstić information content (AvgIpc) is 2.28. The normalized spacial score (nSPS) is 17.2. The second-order valence-corrected chi connectivity index (χ2v) is 5.12. The van der Waals surface area contributed by atoms with Crippen molar-refractivity contribution in [1.82, 2.24) is 10.2 Å². The summed E-state index contributed by atoms with van der Waals surface area (Å²) in [5, 5.41) is 12.5. The minimum atomic E-state index is -0.638. The van der Waals surface area contributed by atoms with Crippen LogP contribution < -0.4 is 5.32 Å². The second-order valence-electron chi connectivity index (χ2n) is 5.12. The largest absolute Gasteiger partial charge is 0.386 e. The summed E-state index contributed by atoms with van der Waals surface area (Å²) in [5.41, 5.74) is -0.638. The molecule has 18 heavy (non-hydrogen) atoms. The molecule has 0 aromatic rings. The lowest BCUT2D eigenvalue weighted by molar-refractivity contribution is -0.155. The van der Waals surface area contributed by atoms with Gasteiger partial charge in [0.05, 0.1) is 18.7 Å². The van der Waals surface area contributed by atoms with Crippen LogP contribution in [0.25, 0.3) is 0 Å². The molecule has 5 nitrogen and oxygen atoms in total. The van der Waals surface area contributed by atoms with E-state index in [1.54, 1.807) is 4.90 Å². The molecule has 1 aliphatic heterocycles. The van der Waals surface area contributed by atoms with E-state index in [4.69, 9.17) is 0 Å². The lowest BCUT2D eigenvalue weighted by Gasteiger charge is -2.46. The minimum Gasteiger partial charge on any atom is -0.386 e. The van der Waals surface area contributed by atoms with Gasteiger partial charge in [0.25, 0.3) is 0 Å². The first-order valence-corrected chi connectivity index (χ1v) is 6.71. The molecule has 0 radical (unpaired) electrons. The maximum Gasteiger partial charge on any atom is 0.222 e. The summed E-state index contributed by atoms with van der Waals surface area (Å²) >= 11 is 0. The van der Waals surface area contributed by atoms with Crippen molar-refractivity contribution in [3.05, 3.63) is 0 Å². The van der Waals surface area contributed by atoms with Gasteiger partial charge in [0.1, 0.15) is 0 Å². The van der Waals surface area contributed by atoms with E-state index >= 15 is 0 Å². The molecule has 1 fully saturated rings. The lowest BCUT2D eigenvalue weighted by Crippen LogP contribution is -2.63. The fourth-order valence-corrected chi connectivity index (χ4v) is 2.06. The number of aliphatic hydroxyl groups is 1. The van der Waals surface area contributed by atoms with Gasteiger partial charge in [0.15, 0.2) is 0 Å². The van der Waals surface area contributed by atoms with E-state index in [2.05, 4.69) is 5.32 Å². The van der Waals surface area contributed by atoms with E-state index in [0.717, 1.165) is 19.3 Å². The van der Waals surface area contributed by atoms with E-state index in [-0.39, 0.29) is 11.8 Å². The molecule has 2 N–H and O–H groups in total. The molecule has 1 aliphatic rings. The van der Waals surface area contributed by atoms with Gasteiger partial charge in [-0.3, -0.25) is 9.59 Å². The number of nitrogens with zero attached hydrogens (tertiary/aromatic N) is 1. The number of unbranched alkanes of at least 4 members (excludes halogenated alkanes) is 2. The predicted octanol–water partition coefficient (Wildman–Crippen LogP) is 0.666. The Hall–Kier alpha value is -1.10. The third kappa shape index (κ3) is 4.64. The third-order valence-corrected chi connectivity index (χ3v) is 3.42. The first kappa shape index (κ1) is 15.0. The number of nitrogens with one attached hydrogen (secondary N) is 1. The summed E-state index contributed by atoms with van der Waals surface area (Å²) in [6, 6.07) is 0. The molecule has 0 bridgehead atoms. The summed E-state index contributed by atoms with van der Waals surface area (Å²) in [5.74, 6) is 0.123. The van der Waals surface area contributed by atoms with Crippen molar-refractivity contribution >= 4 is 11.8 Å². The van der Waals surface area contributed by atoms with Crippen molar-refractivity contribution in [2.75, 3.05) is 19.6 Å². The molecule has 0 spiro atoms. The van der Waals surface area contributed by atoms with E-state index in [9.17, 15) is 14.7 Å². The molecule has 0 unspecified atom stereocenters. The van der Waals surface area contributed by atoms with Crippen LogP contribution in [-0.2, 0) is 9.59 Å². The highest BCUT2D eigenvalue weighted by Crippen LogP contribution is 2.24. The van der Waals surface area contributed by atoms with Crippen molar-refractivity contribution in [2.45, 2.75) is 51.6 Å². The molecular formula is C13H24N2O3. The Morgan fingerprint density at radius 2 is 1.94 bits per heavy atom. The van der Waals surface area contributed by atoms with Gasteiger partial charge in [0, 0.05) is 19.9 Å². The van der Waals surface area contributed by atoms with Crippen LogP contribution in [0.15, 0.2) is 0 Å². The average molecular weight is 256 g/mol. The molecule has 0 aromatic heterocycles. The van der Waals surface area contributed by atoms with Crippen LogP contribution in [0.5, 0.6) is 0 Å². The van der Waals surface area contributed by atoms with Gasteiger partial charge in [-0.1, -0.05) is 13.3 Å². The maximum atomic E-state index is 11.7. The summed E-state index contributed by atoms with van der Waals surface area (Å²) < 4.78 is 0. The molecule has 2 amide bonds. The fourth-order valence-electron chi connectivity index (χ4n) is 2.06. The molecule has 1 heterocycles. The van der Waals surface area contributed by atoms with Crippen LogP contribution in [-0.4, -0.2) is 47.1 Å². The second kappa shape index (κ2) is 6.73. The van der Waals surface area contributed by atoms with Crippen LogP contribution in [0.1, 0.15) is 46.0 Å². The molecule has 0 aromatic carbocycles. The Kier molecular flexibility index (Phi) is 5.59. The number of rotatable bonds is 7. The molecule has 5 heteroatoms. The summed E-state index contributed by atoms with van der Waals surface area (Å²) in [6.45, 7) is 5.08. The Morgan fingerprint density at radius 1 is 1.28 bits per heavy atom. The summed E-state index contributed by atoms with van der Waals surface area (Å²) in [6.07, 6.45) is 3.94. The van der Waals surface area contributed by atoms with Crippen LogP contribution in [0.4, 0.5) is 0 Å². The number of likely N-dealkylation sites (tertiary alicyclic amines) is 1. The van der Waals surface area contributed by atoms with Crippen molar-refractivity contribution in [1.29, 1.82) is 0 Å². The van der Waals surface area contributed by atoms with Crippen molar-refractivity contribution in [3.8, 4) is 0 Å². The number of hydrogen-bond donors (Lipinski definition) is 2. The number of amides is 2. The fraction of sp³-hybridized carbons (Fsp3) is 0.846. The molecule has 0 saturated carbocycles. The van der Waals surface area contributed by atoms with Crippen molar-refractivity contribution in [3.63, 3.8) is 0 Å². The Labute approximate surface area is 109 Å². The van der Waals surface area contributed by atoms with Crippen molar-refractivity contribution in [2.24, 2.45) is 0 Å². The monoisotopic (exact) mass is 256 g/mol. The smallest absolute Gasteiger partial charge is 0.222 e. The molecule has 104 valence electrons. The highest BCUT2D eigenvalue weighted by Gasteiger charge is 2.41. The van der Waals surface area contributed by atoms with Gasteiger partial charge >= 0.3 is 0 Å². The summed E-state index contributed by atoms with van der Waals surface area (Å²) in [7, 11) is 0. The lowest BCUT2D eigenvalue weighted by atomic mass is 9.91. The van der Waals surface area contributed by atoms with E-state index in [1.807, 2.05) is 6.92 Å². The molecule has 1 rings (SSSR count). The molecule has 0 atom stereocenters. The number of β-amino-alcohol motifs (C(OH)–C–C–N with tert-alkyl or cyclic N) is 1. The van der Waals surface area contributed by atoms with Gasteiger partial charge in [-0.05, 0) is 19.3 Å². The zero-order valence-corrected chi connectivity index (χ0v) is 11.4. The highest BCUT2D eigenvalue weighted by atomic mass is 16.3. The molecule has 0 aliphatic carbocycles. The Balaban J connectivity index is 2.00. The topological polar surface area (TPSA) is 69.6 Å². The van der Waals surface area contributed by atoms with Gasteiger partial charge in [-0.25, -0.2) is 0 Å². The zero-order valence-electron chi connectivity index (χ0n) is 11.4. The predicted molar refractivity (Wildman–Crippen MR) is 69.0 cm³/mol. The van der Waals surface area contributed by atoms with Crippen LogP contribution in [0.2, 0.25) is 0 Å². The Bertz CT molecular complexity index is 299. The maximum absolute atomic E-state index is 11.7. The van der Waals surface area contributed by atoms with Crippen LogP contribution >= 0.6 is 0 Å². The minimum absolute atomic E-state index is 0.00879. The zero-order chi connectivity index (χ0) is 13.6. The van der Waals surface area contributed by atoms with E-state index in [0.29, 0.717) is 32.5 Å². The van der Waals surface area contributed by atoms with Crippen molar-refractivity contribution < 1.29 is 14.7 Å². The number of carbonyl (C=O) groups excluding carboxylic acids is 2. The highest BCUT2D eigenvalue weighted by molar-refractivity contribution is 5.77. The van der Waals surface area contributed by atoms with E-state index < -0.39 is 5.60 Å². The first-order chi connectivity index (χ1) is 8.47. The standard InChI is InChI=1S/C13H24N2O3/c1-3-13(18)9-15(10-13)12(17)7-5-4-6-8-14-11(2)16/h18H,3-10H2,1-2H3,(H,14,16). The third-order valence-electron chi connectivity index (χ3n) is 3.42. The van der Waals surface area contributed by atoms with Gasteiger partial charge in [-0.15, -0.1) is 0 Å². The van der Waals surface area contributed by atoms with Gasteiger partial charge in [0.2, 0.25) is 11.8 Å². The first-order valence-electron chi connectivity index (χ1n) is 6.71. The van der Waals surface area contributed by atoms with Crippen LogP contribution in [0, 0.1) is 0 Å². The van der Waals surface area contributed by atoms with Crippen LogP contribution in [0.3, 0.4) is 0 Å². The van der Waals surface area contributed by atoms with E-state index in [1.165, 1.54) is 6.92 Å². The SMILES string of the molecule is CCC1(O)CN(C(=O)CCCCCNC(C)=O)C1.